The number of aromatic nitrogens is 1. The summed E-state index contributed by atoms with van der Waals surface area (Å²) in [5.74, 6) is -2.06. The van der Waals surface area contributed by atoms with Gasteiger partial charge >= 0.3 is 6.03 Å². The summed E-state index contributed by atoms with van der Waals surface area (Å²) in [6.07, 6.45) is 2.33. The fraction of sp³-hybridized carbons (Fsp3) is 0.211. The molecule has 5 nitrogen and oxygen atoms in total. The Hall–Kier alpha value is -3.16. The lowest BCUT2D eigenvalue weighted by atomic mass is 10.1. The van der Waals surface area contributed by atoms with Crippen LogP contribution in [0.25, 0.3) is 10.9 Å². The van der Waals surface area contributed by atoms with Crippen LogP contribution >= 0.6 is 0 Å². The number of urea groups is 1. The van der Waals surface area contributed by atoms with Gasteiger partial charge in [0.15, 0.2) is 11.6 Å². The van der Waals surface area contributed by atoms with Gasteiger partial charge < -0.3 is 20.4 Å². The minimum Gasteiger partial charge on any atom is -0.492 e. The molecule has 3 rings (SSSR count). The summed E-state index contributed by atoms with van der Waals surface area (Å²) in [6.45, 7) is 0.683. The Labute approximate surface area is 153 Å². The van der Waals surface area contributed by atoms with Gasteiger partial charge in [-0.1, -0.05) is 0 Å². The molecule has 27 heavy (non-hydrogen) atoms. The number of benzene rings is 2. The van der Waals surface area contributed by atoms with E-state index in [1.165, 1.54) is 18.2 Å². The molecule has 1 heterocycles. The number of carbonyl (C=O) groups is 1. The Morgan fingerprint density at radius 1 is 1.00 bits per heavy atom. The fourth-order valence-electron chi connectivity index (χ4n) is 2.63. The number of aromatic amines is 1. The standard InChI is InChI=1S/C19H18F3N3O2/c20-13-1-4-18-15(9-13)12(11-25-18)5-6-23-19(26)24-7-8-27-14-2-3-16(21)17(22)10-14/h1-4,9-11,25H,5-8H2,(H2,23,24,26). The van der Waals surface area contributed by atoms with Gasteiger partial charge in [0, 0.05) is 29.7 Å². The van der Waals surface area contributed by atoms with E-state index in [0.717, 1.165) is 28.6 Å². The molecule has 8 heteroatoms. The lowest BCUT2D eigenvalue weighted by Crippen LogP contribution is -2.38. The van der Waals surface area contributed by atoms with Crippen LogP contribution in [0.1, 0.15) is 5.56 Å². The van der Waals surface area contributed by atoms with Gasteiger partial charge in [-0.15, -0.1) is 0 Å². The summed E-state index contributed by atoms with van der Waals surface area (Å²) >= 11 is 0. The zero-order valence-electron chi connectivity index (χ0n) is 14.3. The Balaban J connectivity index is 1.37. The number of rotatable bonds is 7. The van der Waals surface area contributed by atoms with Crippen molar-refractivity contribution < 1.29 is 22.7 Å². The molecule has 0 radical (unpaired) electrons. The zero-order chi connectivity index (χ0) is 19.2. The molecule has 142 valence electrons. The Kier molecular flexibility index (Phi) is 5.85. The van der Waals surface area contributed by atoms with Crippen LogP contribution in [0.5, 0.6) is 5.75 Å². The number of halogens is 3. The number of amides is 2. The molecule has 2 aromatic carbocycles. The maximum absolute atomic E-state index is 13.3. The highest BCUT2D eigenvalue weighted by atomic mass is 19.2. The molecule has 0 saturated carbocycles. The van der Waals surface area contributed by atoms with Gasteiger partial charge in [-0.25, -0.2) is 18.0 Å². The number of fused-ring (bicyclic) bond motifs is 1. The maximum atomic E-state index is 13.3. The van der Waals surface area contributed by atoms with Gasteiger partial charge in [-0.3, -0.25) is 0 Å². The highest BCUT2D eigenvalue weighted by Crippen LogP contribution is 2.19. The second-order valence-electron chi connectivity index (χ2n) is 5.86. The molecule has 0 aliphatic carbocycles. The van der Waals surface area contributed by atoms with Gasteiger partial charge in [0.05, 0.1) is 6.54 Å². The summed E-state index contributed by atoms with van der Waals surface area (Å²) in [7, 11) is 0. The monoisotopic (exact) mass is 377 g/mol. The maximum Gasteiger partial charge on any atom is 0.314 e. The van der Waals surface area contributed by atoms with E-state index in [-0.39, 0.29) is 30.7 Å². The van der Waals surface area contributed by atoms with Crippen LogP contribution < -0.4 is 15.4 Å². The first-order valence-corrected chi connectivity index (χ1v) is 8.38. The van der Waals surface area contributed by atoms with E-state index < -0.39 is 11.6 Å². The van der Waals surface area contributed by atoms with Crippen molar-refractivity contribution in [3.63, 3.8) is 0 Å². The molecular weight excluding hydrogens is 359 g/mol. The number of nitrogens with one attached hydrogen (secondary N) is 3. The fourth-order valence-corrected chi connectivity index (χ4v) is 2.63. The molecule has 0 spiro atoms. The van der Waals surface area contributed by atoms with E-state index in [1.807, 2.05) is 0 Å². The molecule has 3 aromatic rings. The van der Waals surface area contributed by atoms with Crippen molar-refractivity contribution in [2.75, 3.05) is 19.7 Å². The van der Waals surface area contributed by atoms with E-state index in [0.29, 0.717) is 13.0 Å². The van der Waals surface area contributed by atoms with E-state index in [4.69, 9.17) is 4.74 Å². The van der Waals surface area contributed by atoms with Crippen molar-refractivity contribution in [1.82, 2.24) is 15.6 Å². The van der Waals surface area contributed by atoms with Gasteiger partial charge in [0.2, 0.25) is 0 Å². The molecule has 0 saturated heterocycles. The van der Waals surface area contributed by atoms with Crippen LogP contribution in [0.15, 0.2) is 42.6 Å². The largest absolute Gasteiger partial charge is 0.492 e. The van der Waals surface area contributed by atoms with Crippen molar-refractivity contribution in [2.45, 2.75) is 6.42 Å². The molecule has 1 aromatic heterocycles. The first kappa shape index (κ1) is 18.6. The molecule has 0 fully saturated rings. The van der Waals surface area contributed by atoms with Crippen molar-refractivity contribution in [3.8, 4) is 5.75 Å². The highest BCUT2D eigenvalue weighted by Gasteiger charge is 2.06. The van der Waals surface area contributed by atoms with E-state index >= 15 is 0 Å². The van der Waals surface area contributed by atoms with Crippen LogP contribution in [-0.4, -0.2) is 30.7 Å². The Morgan fingerprint density at radius 3 is 2.63 bits per heavy atom. The third kappa shape index (κ3) is 4.93. The van der Waals surface area contributed by atoms with Crippen molar-refractivity contribution in [3.05, 3.63) is 65.6 Å². The molecular formula is C19H18F3N3O2. The van der Waals surface area contributed by atoms with E-state index in [2.05, 4.69) is 15.6 Å². The topological polar surface area (TPSA) is 66.2 Å². The predicted molar refractivity (Wildman–Crippen MR) is 95.2 cm³/mol. The van der Waals surface area contributed by atoms with E-state index in [1.54, 1.807) is 12.3 Å². The predicted octanol–water partition coefficient (Wildman–Crippen LogP) is 3.51. The second kappa shape index (κ2) is 8.48. The van der Waals surface area contributed by atoms with Crippen molar-refractivity contribution in [1.29, 1.82) is 0 Å². The van der Waals surface area contributed by atoms with Crippen LogP contribution in [-0.2, 0) is 6.42 Å². The summed E-state index contributed by atoms with van der Waals surface area (Å²) in [5.41, 5.74) is 1.75. The van der Waals surface area contributed by atoms with Crippen molar-refractivity contribution >= 4 is 16.9 Å². The van der Waals surface area contributed by atoms with Gasteiger partial charge in [0.25, 0.3) is 0 Å². The smallest absolute Gasteiger partial charge is 0.314 e. The lowest BCUT2D eigenvalue weighted by Gasteiger charge is -2.09. The van der Waals surface area contributed by atoms with Crippen LogP contribution in [0.2, 0.25) is 0 Å². The minimum absolute atomic E-state index is 0.111. The normalized spacial score (nSPS) is 10.8. The third-order valence-corrected chi connectivity index (χ3v) is 3.96. The van der Waals surface area contributed by atoms with Crippen molar-refractivity contribution in [2.24, 2.45) is 0 Å². The summed E-state index contributed by atoms with van der Waals surface area (Å²) < 4.78 is 44.4. The second-order valence-corrected chi connectivity index (χ2v) is 5.86. The molecule has 3 N–H and O–H groups in total. The molecule has 0 atom stereocenters. The van der Waals surface area contributed by atoms with Gasteiger partial charge in [0.1, 0.15) is 18.2 Å². The zero-order valence-corrected chi connectivity index (χ0v) is 14.3. The van der Waals surface area contributed by atoms with Crippen LogP contribution in [0.3, 0.4) is 0 Å². The quantitative estimate of drug-likeness (QED) is 0.552. The molecule has 0 aliphatic rings. The molecule has 2 amide bonds. The number of ether oxygens (including phenoxy) is 1. The van der Waals surface area contributed by atoms with E-state index in [9.17, 15) is 18.0 Å². The summed E-state index contributed by atoms with van der Waals surface area (Å²) in [5, 5.41) is 6.08. The SMILES string of the molecule is O=C(NCCOc1ccc(F)c(F)c1)NCCc1c[nH]c2ccc(F)cc12. The first-order valence-electron chi connectivity index (χ1n) is 8.38. The average Bonchev–Trinajstić information content (AvgIpc) is 3.04. The first-order chi connectivity index (χ1) is 13.0. The Bertz CT molecular complexity index is 943. The Morgan fingerprint density at radius 2 is 1.81 bits per heavy atom. The number of hydrogen-bond donors (Lipinski definition) is 3. The minimum atomic E-state index is -0.990. The lowest BCUT2D eigenvalue weighted by molar-refractivity contribution is 0.236. The molecule has 0 bridgehead atoms. The third-order valence-electron chi connectivity index (χ3n) is 3.96. The number of hydrogen-bond acceptors (Lipinski definition) is 2. The highest BCUT2D eigenvalue weighted by molar-refractivity contribution is 5.83. The van der Waals surface area contributed by atoms with Crippen LogP contribution in [0.4, 0.5) is 18.0 Å². The van der Waals surface area contributed by atoms with Gasteiger partial charge in [-0.05, 0) is 42.3 Å². The average molecular weight is 377 g/mol. The molecule has 0 unspecified atom stereocenters. The summed E-state index contributed by atoms with van der Waals surface area (Å²) in [4.78, 5) is 14.8. The van der Waals surface area contributed by atoms with Crippen LogP contribution in [0, 0.1) is 17.5 Å². The molecule has 0 aliphatic heterocycles. The number of carbonyl (C=O) groups excluding carboxylic acids is 1. The number of H-pyrrole nitrogens is 1. The van der Waals surface area contributed by atoms with Gasteiger partial charge in [-0.2, -0.15) is 0 Å². The summed E-state index contributed by atoms with van der Waals surface area (Å²) in [6, 6.07) is 7.35.